The lowest BCUT2D eigenvalue weighted by Crippen LogP contribution is -2.17. The Balaban J connectivity index is 1.96. The quantitative estimate of drug-likeness (QED) is 0.564. The summed E-state index contributed by atoms with van der Waals surface area (Å²) >= 11 is 9.04. The predicted octanol–water partition coefficient (Wildman–Crippen LogP) is 3.33. The number of carboxylic acid groups (broad SMARTS) is 1. The topological polar surface area (TPSA) is 88.0 Å². The molecular formula is C16H12BrClN2O4. The van der Waals surface area contributed by atoms with Gasteiger partial charge in [-0.25, -0.2) is 10.2 Å². The third-order valence-corrected chi connectivity index (χ3v) is 3.66. The minimum Gasteiger partial charge on any atom is -0.481 e. The van der Waals surface area contributed by atoms with Crippen LogP contribution in [-0.4, -0.2) is 29.8 Å². The molecule has 0 atom stereocenters. The van der Waals surface area contributed by atoms with Gasteiger partial charge in [0.15, 0.2) is 6.61 Å². The van der Waals surface area contributed by atoms with Gasteiger partial charge in [-0.3, -0.25) is 4.79 Å². The number of ether oxygens (including phenoxy) is 1. The molecule has 0 aliphatic heterocycles. The van der Waals surface area contributed by atoms with Gasteiger partial charge in [0.05, 0.1) is 10.7 Å². The molecular weight excluding hydrogens is 400 g/mol. The first-order valence-corrected chi connectivity index (χ1v) is 7.86. The molecule has 0 unspecified atom stereocenters. The van der Waals surface area contributed by atoms with Gasteiger partial charge >= 0.3 is 5.97 Å². The van der Waals surface area contributed by atoms with Crippen molar-refractivity contribution in [1.82, 2.24) is 5.43 Å². The Hall–Kier alpha value is -2.38. The molecule has 2 rings (SSSR count). The van der Waals surface area contributed by atoms with E-state index in [0.29, 0.717) is 26.4 Å². The van der Waals surface area contributed by atoms with Gasteiger partial charge in [-0.15, -0.1) is 0 Å². The smallest absolute Gasteiger partial charge is 0.341 e. The number of benzene rings is 2. The predicted molar refractivity (Wildman–Crippen MR) is 93.8 cm³/mol. The maximum absolute atomic E-state index is 11.9. The summed E-state index contributed by atoms with van der Waals surface area (Å²) < 4.78 is 5.67. The molecule has 24 heavy (non-hydrogen) atoms. The molecule has 2 aromatic rings. The Morgan fingerprint density at radius 2 is 1.96 bits per heavy atom. The second kappa shape index (κ2) is 8.47. The Bertz CT molecular complexity index is 778. The molecule has 0 spiro atoms. The van der Waals surface area contributed by atoms with Crippen LogP contribution in [0, 0.1) is 0 Å². The largest absolute Gasteiger partial charge is 0.481 e. The Morgan fingerprint density at radius 1 is 1.25 bits per heavy atom. The monoisotopic (exact) mass is 410 g/mol. The summed E-state index contributed by atoms with van der Waals surface area (Å²) in [4.78, 5) is 22.3. The molecule has 1 amide bonds. The molecule has 8 heteroatoms. The van der Waals surface area contributed by atoms with E-state index in [2.05, 4.69) is 26.5 Å². The number of hydrogen-bond donors (Lipinski definition) is 2. The molecule has 0 radical (unpaired) electrons. The Kier molecular flexibility index (Phi) is 6.34. The van der Waals surface area contributed by atoms with Gasteiger partial charge < -0.3 is 9.84 Å². The molecule has 0 bridgehead atoms. The number of amides is 1. The summed E-state index contributed by atoms with van der Waals surface area (Å²) in [6, 6.07) is 11.4. The van der Waals surface area contributed by atoms with E-state index in [-0.39, 0.29) is 5.91 Å². The molecule has 0 aliphatic rings. The zero-order chi connectivity index (χ0) is 17.5. The standard InChI is InChI=1S/C16H12BrClN2O4/c17-13-7-10(1-6-14(13)24-9-15(21)22)8-19-20-16(23)11-2-4-12(18)5-3-11/h1-8H,9H2,(H,20,23)(H,21,22)/b19-8-. The number of carboxylic acids is 1. The van der Waals surface area contributed by atoms with E-state index >= 15 is 0 Å². The molecule has 0 heterocycles. The highest BCUT2D eigenvalue weighted by molar-refractivity contribution is 9.10. The van der Waals surface area contributed by atoms with Crippen molar-refractivity contribution in [3.05, 3.63) is 63.1 Å². The summed E-state index contributed by atoms with van der Waals surface area (Å²) in [6.07, 6.45) is 1.46. The van der Waals surface area contributed by atoms with Gasteiger partial charge in [-0.05, 0) is 64.0 Å². The van der Waals surface area contributed by atoms with Gasteiger partial charge in [-0.2, -0.15) is 5.10 Å². The van der Waals surface area contributed by atoms with Crippen molar-refractivity contribution >= 4 is 45.6 Å². The average Bonchev–Trinajstić information content (AvgIpc) is 2.54. The van der Waals surface area contributed by atoms with Crippen LogP contribution < -0.4 is 10.2 Å². The molecule has 6 nitrogen and oxygen atoms in total. The number of nitrogens with one attached hydrogen (secondary N) is 1. The Labute approximate surface area is 151 Å². The van der Waals surface area contributed by atoms with Crippen LogP contribution in [0.2, 0.25) is 5.02 Å². The van der Waals surface area contributed by atoms with E-state index in [9.17, 15) is 9.59 Å². The first-order chi connectivity index (χ1) is 11.5. The third kappa shape index (κ3) is 5.36. The first kappa shape index (κ1) is 18.0. The summed E-state index contributed by atoms with van der Waals surface area (Å²) in [5.74, 6) is -1.01. The normalized spacial score (nSPS) is 10.6. The lowest BCUT2D eigenvalue weighted by Gasteiger charge is -2.06. The maximum Gasteiger partial charge on any atom is 0.341 e. The number of carbonyl (C=O) groups excluding carboxylic acids is 1. The minimum absolute atomic E-state index is 0.358. The van der Waals surface area contributed by atoms with Crippen molar-refractivity contribution in [3.8, 4) is 5.75 Å². The number of hydrazone groups is 1. The van der Waals surface area contributed by atoms with Crippen LogP contribution in [0.15, 0.2) is 52.0 Å². The van der Waals surface area contributed by atoms with Crippen LogP contribution in [0.3, 0.4) is 0 Å². The van der Waals surface area contributed by atoms with Crippen molar-refractivity contribution < 1.29 is 19.4 Å². The molecule has 2 N–H and O–H groups in total. The molecule has 0 saturated carbocycles. The lowest BCUT2D eigenvalue weighted by molar-refractivity contribution is -0.139. The van der Waals surface area contributed by atoms with Gasteiger partial charge in [0.1, 0.15) is 5.75 Å². The number of nitrogens with zero attached hydrogens (tertiary/aromatic N) is 1. The van der Waals surface area contributed by atoms with Crippen LogP contribution in [0.25, 0.3) is 0 Å². The van der Waals surface area contributed by atoms with Crippen molar-refractivity contribution in [3.63, 3.8) is 0 Å². The zero-order valence-corrected chi connectivity index (χ0v) is 14.5. The van der Waals surface area contributed by atoms with Crippen molar-refractivity contribution in [1.29, 1.82) is 0 Å². The van der Waals surface area contributed by atoms with Crippen LogP contribution >= 0.6 is 27.5 Å². The summed E-state index contributed by atoms with van der Waals surface area (Å²) in [5.41, 5.74) is 3.54. The van der Waals surface area contributed by atoms with E-state index in [4.69, 9.17) is 21.4 Å². The van der Waals surface area contributed by atoms with E-state index in [0.717, 1.165) is 0 Å². The van der Waals surface area contributed by atoms with E-state index in [1.165, 1.54) is 6.21 Å². The molecule has 0 aliphatic carbocycles. The summed E-state index contributed by atoms with van der Waals surface area (Å²) in [5, 5.41) is 13.0. The third-order valence-electron chi connectivity index (χ3n) is 2.79. The fourth-order valence-corrected chi connectivity index (χ4v) is 2.32. The molecule has 0 saturated heterocycles. The van der Waals surface area contributed by atoms with Crippen molar-refractivity contribution in [2.45, 2.75) is 0 Å². The van der Waals surface area contributed by atoms with Gasteiger partial charge in [0.25, 0.3) is 5.91 Å². The molecule has 2 aromatic carbocycles. The highest BCUT2D eigenvalue weighted by atomic mass is 79.9. The van der Waals surface area contributed by atoms with Crippen LogP contribution in [0.1, 0.15) is 15.9 Å². The van der Waals surface area contributed by atoms with E-state index in [1.807, 2.05) is 0 Å². The zero-order valence-electron chi connectivity index (χ0n) is 12.2. The highest BCUT2D eigenvalue weighted by Gasteiger charge is 2.05. The van der Waals surface area contributed by atoms with E-state index < -0.39 is 12.6 Å². The first-order valence-electron chi connectivity index (χ1n) is 6.69. The van der Waals surface area contributed by atoms with Crippen LogP contribution in [-0.2, 0) is 4.79 Å². The van der Waals surface area contributed by atoms with Crippen molar-refractivity contribution in [2.75, 3.05) is 6.61 Å². The fourth-order valence-electron chi connectivity index (χ4n) is 1.69. The number of halogens is 2. The summed E-state index contributed by atoms with van der Waals surface area (Å²) in [6.45, 7) is -0.427. The highest BCUT2D eigenvalue weighted by Crippen LogP contribution is 2.25. The minimum atomic E-state index is -1.06. The molecule has 0 fully saturated rings. The number of aliphatic carboxylic acids is 1. The second-order valence-corrected chi connectivity index (χ2v) is 5.87. The molecule has 0 aromatic heterocycles. The molecule has 124 valence electrons. The van der Waals surface area contributed by atoms with Crippen molar-refractivity contribution in [2.24, 2.45) is 5.10 Å². The number of rotatable bonds is 6. The lowest BCUT2D eigenvalue weighted by atomic mass is 10.2. The van der Waals surface area contributed by atoms with Gasteiger partial charge in [0, 0.05) is 10.6 Å². The van der Waals surface area contributed by atoms with Crippen LogP contribution in [0.4, 0.5) is 0 Å². The average molecular weight is 412 g/mol. The number of hydrogen-bond acceptors (Lipinski definition) is 4. The van der Waals surface area contributed by atoms with Gasteiger partial charge in [-0.1, -0.05) is 11.6 Å². The number of carbonyl (C=O) groups is 2. The van der Waals surface area contributed by atoms with E-state index in [1.54, 1.807) is 42.5 Å². The van der Waals surface area contributed by atoms with Gasteiger partial charge in [0.2, 0.25) is 0 Å². The van der Waals surface area contributed by atoms with Crippen LogP contribution in [0.5, 0.6) is 5.75 Å². The second-order valence-electron chi connectivity index (χ2n) is 4.58. The summed E-state index contributed by atoms with van der Waals surface area (Å²) in [7, 11) is 0. The fraction of sp³-hybridized carbons (Fsp3) is 0.0625. The Morgan fingerprint density at radius 3 is 2.58 bits per heavy atom. The maximum atomic E-state index is 11.9. The SMILES string of the molecule is O=C(O)COc1ccc(/C=N\NC(=O)c2ccc(Cl)cc2)cc1Br.